The van der Waals surface area contributed by atoms with E-state index >= 15 is 0 Å². The summed E-state index contributed by atoms with van der Waals surface area (Å²) in [7, 11) is 1.62. The Bertz CT molecular complexity index is 707. The number of anilines is 2. The van der Waals surface area contributed by atoms with E-state index in [1.165, 1.54) is 11.3 Å². The number of nitrogen functional groups attached to an aromatic ring is 1. The summed E-state index contributed by atoms with van der Waals surface area (Å²) in [5.41, 5.74) is 8.73. The van der Waals surface area contributed by atoms with Crippen molar-refractivity contribution < 1.29 is 9.53 Å². The second-order valence-electron chi connectivity index (χ2n) is 5.94. The average molecular weight is 330 g/mol. The monoisotopic (exact) mass is 330 g/mol. The third-order valence-electron chi connectivity index (χ3n) is 4.55. The van der Waals surface area contributed by atoms with Gasteiger partial charge in [0, 0.05) is 10.6 Å². The summed E-state index contributed by atoms with van der Waals surface area (Å²) in [6, 6.07) is 7.32. The van der Waals surface area contributed by atoms with E-state index in [0.29, 0.717) is 10.6 Å². The van der Waals surface area contributed by atoms with E-state index in [2.05, 4.69) is 12.2 Å². The van der Waals surface area contributed by atoms with E-state index in [4.69, 9.17) is 10.5 Å². The van der Waals surface area contributed by atoms with Gasteiger partial charge in [0.15, 0.2) is 0 Å². The van der Waals surface area contributed by atoms with E-state index < -0.39 is 0 Å². The third-order valence-corrected chi connectivity index (χ3v) is 5.63. The van der Waals surface area contributed by atoms with E-state index in [1.807, 2.05) is 24.3 Å². The molecule has 1 heterocycles. The molecule has 1 aliphatic carbocycles. The molecule has 0 unspecified atom stereocenters. The molecule has 23 heavy (non-hydrogen) atoms. The Morgan fingerprint density at radius 1 is 1.39 bits per heavy atom. The summed E-state index contributed by atoms with van der Waals surface area (Å²) in [5, 5.41) is 3.58. The molecule has 4 nitrogen and oxygen atoms in total. The summed E-state index contributed by atoms with van der Waals surface area (Å²) < 4.78 is 5.13. The van der Waals surface area contributed by atoms with Crippen LogP contribution in [0.5, 0.6) is 5.75 Å². The van der Waals surface area contributed by atoms with E-state index in [1.54, 1.807) is 18.4 Å². The lowest BCUT2D eigenvalue weighted by atomic mass is 9.85. The highest BCUT2D eigenvalue weighted by Gasteiger charge is 2.27. The fraction of sp³-hybridized carbons (Fsp3) is 0.389. The highest BCUT2D eigenvalue weighted by molar-refractivity contribution is 7.16. The number of rotatable bonds is 4. The molecule has 2 aromatic rings. The van der Waals surface area contributed by atoms with Crippen LogP contribution in [0.1, 0.15) is 40.6 Å². The average Bonchev–Trinajstić information content (AvgIpc) is 2.90. The first-order valence-electron chi connectivity index (χ1n) is 7.97. The number of hydrogen-bond donors (Lipinski definition) is 2. The van der Waals surface area contributed by atoms with Crippen LogP contribution in [0.25, 0.3) is 0 Å². The smallest absolute Gasteiger partial charge is 0.258 e. The SMILES string of the molecule is CC[C@H]1CCc2c(sc(N)c2C(=O)Nc2ccc(OC)cc2)C1. The normalized spacial score (nSPS) is 16.7. The molecule has 0 spiro atoms. The number of amides is 1. The number of carbonyl (C=O) groups is 1. The maximum Gasteiger partial charge on any atom is 0.258 e. The van der Waals surface area contributed by atoms with Gasteiger partial charge in [0.2, 0.25) is 0 Å². The first kappa shape index (κ1) is 15.9. The number of thiophene rings is 1. The van der Waals surface area contributed by atoms with Gasteiger partial charge in [0.25, 0.3) is 5.91 Å². The number of nitrogens with one attached hydrogen (secondary N) is 1. The van der Waals surface area contributed by atoms with Crippen molar-refractivity contribution in [1.82, 2.24) is 0 Å². The second-order valence-corrected chi connectivity index (χ2v) is 7.08. The van der Waals surface area contributed by atoms with Crippen LogP contribution in [0.15, 0.2) is 24.3 Å². The second kappa shape index (κ2) is 6.62. The molecular formula is C18H22N2O2S. The van der Waals surface area contributed by atoms with Crippen molar-refractivity contribution in [3.63, 3.8) is 0 Å². The highest BCUT2D eigenvalue weighted by Crippen LogP contribution is 2.39. The number of benzene rings is 1. The molecule has 0 bridgehead atoms. The van der Waals surface area contributed by atoms with Crippen molar-refractivity contribution in [3.05, 3.63) is 40.3 Å². The zero-order chi connectivity index (χ0) is 16.4. The molecule has 1 aliphatic rings. The molecule has 5 heteroatoms. The lowest BCUT2D eigenvalue weighted by Gasteiger charge is -2.21. The lowest BCUT2D eigenvalue weighted by molar-refractivity contribution is 0.102. The van der Waals surface area contributed by atoms with E-state index in [0.717, 1.165) is 42.2 Å². The number of nitrogens with two attached hydrogens (primary N) is 1. The topological polar surface area (TPSA) is 64.4 Å². The standard InChI is InChI=1S/C18H22N2O2S/c1-3-11-4-9-14-15(10-11)23-17(19)16(14)18(21)20-12-5-7-13(22-2)8-6-12/h5-8,11H,3-4,9-10,19H2,1-2H3,(H,20,21)/t11-/m0/s1. The molecule has 1 amide bonds. The van der Waals surface area contributed by atoms with E-state index in [-0.39, 0.29) is 5.91 Å². The Balaban J connectivity index is 1.81. The fourth-order valence-electron chi connectivity index (χ4n) is 3.14. The molecule has 1 aromatic carbocycles. The Morgan fingerprint density at radius 3 is 2.78 bits per heavy atom. The first-order valence-corrected chi connectivity index (χ1v) is 8.79. The molecular weight excluding hydrogens is 308 g/mol. The minimum atomic E-state index is -0.111. The fourth-order valence-corrected chi connectivity index (χ4v) is 4.37. The van der Waals surface area contributed by atoms with Gasteiger partial charge in [-0.15, -0.1) is 11.3 Å². The third kappa shape index (κ3) is 3.20. The number of fused-ring (bicyclic) bond motifs is 1. The summed E-state index contributed by atoms with van der Waals surface area (Å²) in [6.07, 6.45) is 4.33. The summed E-state index contributed by atoms with van der Waals surface area (Å²) in [4.78, 5) is 13.9. The molecule has 1 aromatic heterocycles. The predicted octanol–water partition coefficient (Wildman–Crippen LogP) is 4.11. The van der Waals surface area contributed by atoms with Gasteiger partial charge in [0.1, 0.15) is 5.75 Å². The van der Waals surface area contributed by atoms with Crippen molar-refractivity contribution in [2.75, 3.05) is 18.2 Å². The number of methoxy groups -OCH3 is 1. The van der Waals surface area contributed by atoms with Crippen molar-refractivity contribution in [3.8, 4) is 5.75 Å². The molecule has 1 atom stereocenters. The Kier molecular flexibility index (Phi) is 4.57. The van der Waals surface area contributed by atoms with Crippen LogP contribution in [0.4, 0.5) is 10.7 Å². The largest absolute Gasteiger partial charge is 0.497 e. The molecule has 3 rings (SSSR count). The number of ether oxygens (including phenoxy) is 1. The van der Waals surface area contributed by atoms with Gasteiger partial charge in [-0.25, -0.2) is 0 Å². The molecule has 0 aliphatic heterocycles. The molecule has 3 N–H and O–H groups in total. The zero-order valence-electron chi connectivity index (χ0n) is 13.5. The van der Waals surface area contributed by atoms with Crippen molar-refractivity contribution in [2.45, 2.75) is 32.6 Å². The quantitative estimate of drug-likeness (QED) is 0.887. The molecule has 0 radical (unpaired) electrons. The Morgan fingerprint density at radius 2 is 2.13 bits per heavy atom. The lowest BCUT2D eigenvalue weighted by Crippen LogP contribution is -2.18. The predicted molar refractivity (Wildman–Crippen MR) is 95.5 cm³/mol. The van der Waals surface area contributed by atoms with Crippen LogP contribution >= 0.6 is 11.3 Å². The summed E-state index contributed by atoms with van der Waals surface area (Å²) in [5.74, 6) is 1.37. The zero-order valence-corrected chi connectivity index (χ0v) is 14.3. The van der Waals surface area contributed by atoms with Gasteiger partial charge < -0.3 is 15.8 Å². The van der Waals surface area contributed by atoms with Crippen LogP contribution in [0, 0.1) is 5.92 Å². The van der Waals surface area contributed by atoms with Gasteiger partial charge in [-0.3, -0.25) is 4.79 Å². The van der Waals surface area contributed by atoms with Crippen LogP contribution in [0.3, 0.4) is 0 Å². The van der Waals surface area contributed by atoms with Gasteiger partial charge in [-0.1, -0.05) is 13.3 Å². The van der Waals surface area contributed by atoms with Crippen molar-refractivity contribution in [2.24, 2.45) is 5.92 Å². The maximum atomic E-state index is 12.7. The number of carbonyl (C=O) groups excluding carboxylic acids is 1. The minimum Gasteiger partial charge on any atom is -0.497 e. The van der Waals surface area contributed by atoms with Crippen LogP contribution in [-0.2, 0) is 12.8 Å². The van der Waals surface area contributed by atoms with Crippen LogP contribution < -0.4 is 15.8 Å². The molecule has 0 fully saturated rings. The highest BCUT2D eigenvalue weighted by atomic mass is 32.1. The molecule has 0 saturated carbocycles. The maximum absolute atomic E-state index is 12.7. The van der Waals surface area contributed by atoms with Gasteiger partial charge in [0.05, 0.1) is 17.7 Å². The summed E-state index contributed by atoms with van der Waals surface area (Å²) >= 11 is 1.58. The first-order chi connectivity index (χ1) is 11.1. The Labute approximate surface area is 140 Å². The Hall–Kier alpha value is -2.01. The number of hydrogen-bond acceptors (Lipinski definition) is 4. The summed E-state index contributed by atoms with van der Waals surface area (Å²) in [6.45, 7) is 2.23. The van der Waals surface area contributed by atoms with E-state index in [9.17, 15) is 4.79 Å². The van der Waals surface area contributed by atoms with Gasteiger partial charge >= 0.3 is 0 Å². The molecule has 0 saturated heterocycles. The van der Waals surface area contributed by atoms with Crippen LogP contribution in [0.2, 0.25) is 0 Å². The van der Waals surface area contributed by atoms with Gasteiger partial charge in [-0.05, 0) is 55.0 Å². The molecule has 122 valence electrons. The van der Waals surface area contributed by atoms with Crippen molar-refractivity contribution >= 4 is 27.9 Å². The van der Waals surface area contributed by atoms with Crippen LogP contribution in [-0.4, -0.2) is 13.0 Å². The minimum absolute atomic E-state index is 0.111. The van der Waals surface area contributed by atoms with Crippen molar-refractivity contribution in [1.29, 1.82) is 0 Å². The van der Waals surface area contributed by atoms with Gasteiger partial charge in [-0.2, -0.15) is 0 Å².